The average molecular weight is 181 g/mol. The van der Waals surface area contributed by atoms with Gasteiger partial charge in [-0.05, 0) is 12.0 Å². The molecule has 0 fully saturated rings. The van der Waals surface area contributed by atoms with E-state index in [9.17, 15) is 4.79 Å². The predicted octanol–water partition coefficient (Wildman–Crippen LogP) is 1.48. The van der Waals surface area contributed by atoms with E-state index < -0.39 is 5.97 Å². The van der Waals surface area contributed by atoms with Crippen molar-refractivity contribution >= 4 is 5.97 Å². The van der Waals surface area contributed by atoms with Crippen molar-refractivity contribution in [1.82, 2.24) is 0 Å². The summed E-state index contributed by atoms with van der Waals surface area (Å²) < 4.78 is 0. The highest BCUT2D eigenvalue weighted by molar-refractivity contribution is 5.67. The second-order valence-electron chi connectivity index (χ2n) is 2.74. The van der Waals surface area contributed by atoms with Gasteiger partial charge >= 0.3 is 5.97 Å². The van der Waals surface area contributed by atoms with Gasteiger partial charge < -0.3 is 10.8 Å². The van der Waals surface area contributed by atoms with Crippen molar-refractivity contribution in [1.29, 1.82) is 0 Å². The van der Waals surface area contributed by atoms with Crippen molar-refractivity contribution in [2.75, 3.05) is 0 Å². The van der Waals surface area contributed by atoms with Crippen molar-refractivity contribution in [2.24, 2.45) is 5.73 Å². The summed E-state index contributed by atoms with van der Waals surface area (Å²) in [5.74, 6) is -0.880. The van der Waals surface area contributed by atoms with E-state index in [1.165, 1.54) is 0 Å². The molecule has 1 unspecified atom stereocenters. The molecule has 0 radical (unpaired) electrons. The van der Waals surface area contributed by atoms with Crippen LogP contribution in [0.5, 0.6) is 0 Å². The second-order valence-corrected chi connectivity index (χ2v) is 2.74. The Bertz CT molecular complexity index is 231. The molecule has 0 heterocycles. The Balaban J connectivity index is 4.08. The van der Waals surface area contributed by atoms with Gasteiger partial charge in [-0.25, -0.2) is 0 Å². The van der Waals surface area contributed by atoms with Crippen LogP contribution in [0.25, 0.3) is 0 Å². The molecule has 0 saturated heterocycles. The Morgan fingerprint density at radius 2 is 2.08 bits per heavy atom. The zero-order valence-corrected chi connectivity index (χ0v) is 7.57. The average Bonchev–Trinajstić information content (AvgIpc) is 2.02. The van der Waals surface area contributed by atoms with Gasteiger partial charge in [0, 0.05) is 6.04 Å². The van der Waals surface area contributed by atoms with Gasteiger partial charge in [0.05, 0.1) is 6.42 Å². The summed E-state index contributed by atoms with van der Waals surface area (Å²) in [5, 5.41) is 8.45. The molecular weight excluding hydrogens is 166 g/mol. The van der Waals surface area contributed by atoms with Gasteiger partial charge in [-0.2, -0.15) is 0 Å². The Hall–Kier alpha value is -1.35. The summed E-state index contributed by atoms with van der Waals surface area (Å²) in [7, 11) is 0. The standard InChI is InChI=1S/C10H15NO2/c1-3-5-8(4-2)6-9(11)7-10(12)13/h3-5,9H,1-2,6-7,11H2,(H,12,13)/b8-5+. The first kappa shape index (κ1) is 11.6. The zero-order chi connectivity index (χ0) is 10.3. The van der Waals surface area contributed by atoms with Crippen molar-refractivity contribution in [3.8, 4) is 0 Å². The number of aliphatic carboxylic acids is 1. The van der Waals surface area contributed by atoms with E-state index in [0.717, 1.165) is 5.57 Å². The van der Waals surface area contributed by atoms with Crippen molar-refractivity contribution < 1.29 is 9.90 Å². The van der Waals surface area contributed by atoms with E-state index in [2.05, 4.69) is 13.2 Å². The topological polar surface area (TPSA) is 63.3 Å². The molecule has 0 aliphatic carbocycles. The minimum atomic E-state index is -0.880. The lowest BCUT2D eigenvalue weighted by Gasteiger charge is -2.08. The van der Waals surface area contributed by atoms with E-state index in [0.29, 0.717) is 6.42 Å². The van der Waals surface area contributed by atoms with Crippen LogP contribution in [0.15, 0.2) is 37.0 Å². The fourth-order valence-corrected chi connectivity index (χ4v) is 0.970. The number of rotatable bonds is 6. The fourth-order valence-electron chi connectivity index (χ4n) is 0.970. The van der Waals surface area contributed by atoms with Crippen molar-refractivity contribution in [3.05, 3.63) is 37.0 Å². The molecule has 0 rings (SSSR count). The Morgan fingerprint density at radius 1 is 1.46 bits per heavy atom. The molecule has 3 heteroatoms. The SMILES string of the molecule is C=C/C=C(\C=C)CC(N)CC(=O)O. The van der Waals surface area contributed by atoms with Crippen LogP contribution in [0.4, 0.5) is 0 Å². The quantitative estimate of drug-likeness (QED) is 0.610. The van der Waals surface area contributed by atoms with Crippen LogP contribution >= 0.6 is 0 Å². The summed E-state index contributed by atoms with van der Waals surface area (Å²) in [4.78, 5) is 10.3. The predicted molar refractivity (Wildman–Crippen MR) is 53.3 cm³/mol. The van der Waals surface area contributed by atoms with Gasteiger partial charge in [0.2, 0.25) is 0 Å². The third kappa shape index (κ3) is 5.87. The molecule has 0 saturated carbocycles. The summed E-state index contributed by atoms with van der Waals surface area (Å²) in [6, 6.07) is -0.360. The Morgan fingerprint density at radius 3 is 2.46 bits per heavy atom. The first-order valence-corrected chi connectivity index (χ1v) is 4.01. The van der Waals surface area contributed by atoms with Crippen LogP contribution in [-0.2, 0) is 4.79 Å². The molecule has 13 heavy (non-hydrogen) atoms. The molecule has 0 bridgehead atoms. The second kappa shape index (κ2) is 6.20. The highest BCUT2D eigenvalue weighted by atomic mass is 16.4. The third-order valence-electron chi connectivity index (χ3n) is 1.53. The largest absolute Gasteiger partial charge is 0.481 e. The molecule has 0 spiro atoms. The number of allylic oxidation sites excluding steroid dienone is 3. The molecule has 3 N–H and O–H groups in total. The molecular formula is C10H15NO2. The normalized spacial score (nSPS) is 13.5. The number of carbonyl (C=O) groups is 1. The molecule has 0 aromatic rings. The summed E-state index contributed by atoms with van der Waals surface area (Å²) >= 11 is 0. The van der Waals surface area contributed by atoms with Gasteiger partial charge in [-0.1, -0.05) is 31.4 Å². The highest BCUT2D eigenvalue weighted by Gasteiger charge is 2.08. The number of nitrogens with two attached hydrogens (primary N) is 1. The first-order valence-electron chi connectivity index (χ1n) is 4.01. The molecule has 1 atom stereocenters. The summed E-state index contributed by atoms with van der Waals surface area (Å²) in [6.45, 7) is 7.13. The molecule has 72 valence electrons. The maximum atomic E-state index is 10.3. The Kier molecular flexibility index (Phi) is 5.55. The monoisotopic (exact) mass is 181 g/mol. The van der Waals surface area contributed by atoms with E-state index in [-0.39, 0.29) is 12.5 Å². The van der Waals surface area contributed by atoms with Gasteiger partial charge in [0.1, 0.15) is 0 Å². The van der Waals surface area contributed by atoms with Crippen LogP contribution in [0.3, 0.4) is 0 Å². The van der Waals surface area contributed by atoms with Gasteiger partial charge in [-0.15, -0.1) is 0 Å². The summed E-state index contributed by atoms with van der Waals surface area (Å²) in [6.07, 6.45) is 5.55. The smallest absolute Gasteiger partial charge is 0.304 e. The molecule has 0 aliphatic rings. The lowest BCUT2D eigenvalue weighted by atomic mass is 10.0. The summed E-state index contributed by atoms with van der Waals surface area (Å²) in [5.41, 5.74) is 6.48. The minimum absolute atomic E-state index is 0.0255. The van der Waals surface area contributed by atoms with E-state index >= 15 is 0 Å². The lowest BCUT2D eigenvalue weighted by Crippen LogP contribution is -2.23. The van der Waals surface area contributed by atoms with Crippen LogP contribution in [0.2, 0.25) is 0 Å². The van der Waals surface area contributed by atoms with Gasteiger partial charge in [-0.3, -0.25) is 4.79 Å². The van der Waals surface area contributed by atoms with Crippen LogP contribution in [-0.4, -0.2) is 17.1 Å². The minimum Gasteiger partial charge on any atom is -0.481 e. The number of carboxylic acids is 1. The lowest BCUT2D eigenvalue weighted by molar-refractivity contribution is -0.137. The molecule has 0 amide bonds. The number of hydrogen-bond acceptors (Lipinski definition) is 2. The van der Waals surface area contributed by atoms with Crippen LogP contribution < -0.4 is 5.73 Å². The van der Waals surface area contributed by atoms with E-state index in [4.69, 9.17) is 10.8 Å². The number of carboxylic acid groups (broad SMARTS) is 1. The van der Waals surface area contributed by atoms with E-state index in [1.807, 2.05) is 0 Å². The Labute approximate surface area is 78.3 Å². The van der Waals surface area contributed by atoms with Crippen molar-refractivity contribution in [2.45, 2.75) is 18.9 Å². The van der Waals surface area contributed by atoms with E-state index in [1.54, 1.807) is 18.2 Å². The fraction of sp³-hybridized carbons (Fsp3) is 0.300. The molecule has 0 aromatic heterocycles. The number of hydrogen-bond donors (Lipinski definition) is 2. The zero-order valence-electron chi connectivity index (χ0n) is 7.57. The van der Waals surface area contributed by atoms with Gasteiger partial charge in [0.15, 0.2) is 0 Å². The van der Waals surface area contributed by atoms with Crippen LogP contribution in [0, 0.1) is 0 Å². The molecule has 0 aliphatic heterocycles. The van der Waals surface area contributed by atoms with Gasteiger partial charge in [0.25, 0.3) is 0 Å². The maximum Gasteiger partial charge on any atom is 0.304 e. The maximum absolute atomic E-state index is 10.3. The van der Waals surface area contributed by atoms with Crippen LogP contribution in [0.1, 0.15) is 12.8 Å². The molecule has 0 aromatic carbocycles. The molecule has 3 nitrogen and oxygen atoms in total. The first-order chi connectivity index (χ1) is 6.10. The third-order valence-corrected chi connectivity index (χ3v) is 1.53. The van der Waals surface area contributed by atoms with Crippen molar-refractivity contribution in [3.63, 3.8) is 0 Å². The highest BCUT2D eigenvalue weighted by Crippen LogP contribution is 2.07.